The number of rotatable bonds is 6. The lowest BCUT2D eigenvalue weighted by Crippen LogP contribution is -2.21. The van der Waals surface area contributed by atoms with Crippen molar-refractivity contribution in [1.82, 2.24) is 10.3 Å². The molecular formula is C17H24N2. The number of nitrogens with one attached hydrogen (secondary N) is 1. The van der Waals surface area contributed by atoms with E-state index < -0.39 is 0 Å². The maximum Gasteiger partial charge on any atom is 0.0346 e. The molecule has 1 aromatic heterocycles. The summed E-state index contributed by atoms with van der Waals surface area (Å²) in [6.45, 7) is 7.76. The van der Waals surface area contributed by atoms with Crippen molar-refractivity contribution in [3.63, 3.8) is 0 Å². The van der Waals surface area contributed by atoms with E-state index in [1.54, 1.807) is 0 Å². The van der Waals surface area contributed by atoms with Crippen molar-refractivity contribution >= 4 is 10.8 Å². The van der Waals surface area contributed by atoms with Crippen LogP contribution in [0.25, 0.3) is 10.8 Å². The zero-order chi connectivity index (χ0) is 13.7. The lowest BCUT2D eigenvalue weighted by Gasteiger charge is -2.21. The molecule has 0 aliphatic carbocycles. The number of nitrogens with zero attached hydrogens (tertiary/aromatic N) is 1. The van der Waals surface area contributed by atoms with Crippen LogP contribution in [0.15, 0.2) is 36.7 Å². The lowest BCUT2D eigenvalue weighted by molar-refractivity contribution is 0.450. The predicted octanol–water partition coefficient (Wildman–Crippen LogP) is 4.32. The Hall–Kier alpha value is -1.41. The van der Waals surface area contributed by atoms with Gasteiger partial charge in [-0.1, -0.05) is 39.0 Å². The molecule has 0 saturated carbocycles. The zero-order valence-corrected chi connectivity index (χ0v) is 12.2. The van der Waals surface area contributed by atoms with Gasteiger partial charge in [-0.25, -0.2) is 0 Å². The first kappa shape index (κ1) is 14.0. The Balaban J connectivity index is 2.32. The largest absolute Gasteiger partial charge is 0.310 e. The van der Waals surface area contributed by atoms with Crippen LogP contribution in [0.2, 0.25) is 0 Å². The van der Waals surface area contributed by atoms with Gasteiger partial charge in [-0.2, -0.15) is 0 Å². The van der Waals surface area contributed by atoms with Gasteiger partial charge in [-0.05, 0) is 42.3 Å². The van der Waals surface area contributed by atoms with Gasteiger partial charge in [0.25, 0.3) is 0 Å². The minimum atomic E-state index is 0.443. The Morgan fingerprint density at radius 2 is 2.00 bits per heavy atom. The predicted molar refractivity (Wildman–Crippen MR) is 82.2 cm³/mol. The molecule has 2 nitrogen and oxygen atoms in total. The summed E-state index contributed by atoms with van der Waals surface area (Å²) < 4.78 is 0. The minimum absolute atomic E-state index is 0.443. The van der Waals surface area contributed by atoms with Gasteiger partial charge in [-0.3, -0.25) is 4.98 Å². The topological polar surface area (TPSA) is 24.9 Å². The highest BCUT2D eigenvalue weighted by Gasteiger charge is 2.13. The molecule has 0 bridgehead atoms. The van der Waals surface area contributed by atoms with Crippen LogP contribution in [0.1, 0.15) is 45.2 Å². The van der Waals surface area contributed by atoms with Gasteiger partial charge in [0.2, 0.25) is 0 Å². The Bertz CT molecular complexity index is 514. The van der Waals surface area contributed by atoms with Crippen LogP contribution in [0.5, 0.6) is 0 Å². The van der Waals surface area contributed by atoms with Crippen molar-refractivity contribution in [3.05, 3.63) is 42.2 Å². The van der Waals surface area contributed by atoms with E-state index in [4.69, 9.17) is 0 Å². The summed E-state index contributed by atoms with van der Waals surface area (Å²) in [7, 11) is 0. The van der Waals surface area contributed by atoms with Crippen molar-refractivity contribution in [1.29, 1.82) is 0 Å². The molecule has 1 atom stereocenters. The summed E-state index contributed by atoms with van der Waals surface area (Å²) >= 11 is 0. The maximum atomic E-state index is 4.21. The lowest BCUT2D eigenvalue weighted by atomic mass is 9.94. The fraction of sp³-hybridized carbons (Fsp3) is 0.471. The van der Waals surface area contributed by atoms with E-state index in [0.29, 0.717) is 6.04 Å². The van der Waals surface area contributed by atoms with Crippen LogP contribution in [0, 0.1) is 5.92 Å². The van der Waals surface area contributed by atoms with Crippen molar-refractivity contribution < 1.29 is 0 Å². The van der Waals surface area contributed by atoms with Gasteiger partial charge in [0.15, 0.2) is 0 Å². The molecule has 1 heterocycles. The van der Waals surface area contributed by atoms with Gasteiger partial charge < -0.3 is 5.32 Å². The zero-order valence-electron chi connectivity index (χ0n) is 12.2. The molecule has 0 amide bonds. The normalized spacial score (nSPS) is 13.1. The third-order valence-corrected chi connectivity index (χ3v) is 3.57. The summed E-state index contributed by atoms with van der Waals surface area (Å²) in [4.78, 5) is 4.21. The number of hydrogen-bond acceptors (Lipinski definition) is 2. The molecule has 19 heavy (non-hydrogen) atoms. The molecule has 0 spiro atoms. The van der Waals surface area contributed by atoms with E-state index in [0.717, 1.165) is 12.5 Å². The first-order valence-electron chi connectivity index (χ1n) is 7.28. The van der Waals surface area contributed by atoms with Crippen molar-refractivity contribution in [2.24, 2.45) is 5.92 Å². The molecule has 0 aliphatic heterocycles. The SMILES string of the molecule is CCNC(CCC(C)C)c1cccc2cnccc12. The third-order valence-electron chi connectivity index (χ3n) is 3.57. The highest BCUT2D eigenvalue weighted by atomic mass is 14.9. The highest BCUT2D eigenvalue weighted by Crippen LogP contribution is 2.27. The molecule has 0 fully saturated rings. The fourth-order valence-corrected chi connectivity index (χ4v) is 2.57. The van der Waals surface area contributed by atoms with E-state index in [9.17, 15) is 0 Å². The average molecular weight is 256 g/mol. The number of pyridine rings is 1. The van der Waals surface area contributed by atoms with Crippen LogP contribution in [0.4, 0.5) is 0 Å². The number of hydrogen-bond donors (Lipinski definition) is 1. The Morgan fingerprint density at radius 3 is 2.74 bits per heavy atom. The van der Waals surface area contributed by atoms with E-state index in [2.05, 4.69) is 55.3 Å². The second kappa shape index (κ2) is 6.67. The van der Waals surface area contributed by atoms with Crippen molar-refractivity contribution in [2.75, 3.05) is 6.54 Å². The first-order valence-corrected chi connectivity index (χ1v) is 7.28. The van der Waals surface area contributed by atoms with Gasteiger partial charge in [0, 0.05) is 23.8 Å². The Labute approximate surface area is 116 Å². The van der Waals surface area contributed by atoms with Crippen LogP contribution >= 0.6 is 0 Å². The maximum absolute atomic E-state index is 4.21. The van der Waals surface area contributed by atoms with Crippen LogP contribution < -0.4 is 5.32 Å². The molecule has 0 saturated heterocycles. The van der Waals surface area contributed by atoms with Gasteiger partial charge in [-0.15, -0.1) is 0 Å². The molecular weight excluding hydrogens is 232 g/mol. The van der Waals surface area contributed by atoms with Crippen molar-refractivity contribution in [2.45, 2.75) is 39.7 Å². The second-order valence-electron chi connectivity index (χ2n) is 5.53. The third kappa shape index (κ3) is 3.54. The summed E-state index contributed by atoms with van der Waals surface area (Å²) in [5.74, 6) is 0.748. The van der Waals surface area contributed by atoms with E-state index in [1.807, 2.05) is 12.4 Å². The summed E-state index contributed by atoms with van der Waals surface area (Å²) in [6, 6.07) is 9.09. The van der Waals surface area contributed by atoms with Gasteiger partial charge >= 0.3 is 0 Å². The smallest absolute Gasteiger partial charge is 0.0346 e. The molecule has 2 aromatic rings. The number of aromatic nitrogens is 1. The monoisotopic (exact) mass is 256 g/mol. The first-order chi connectivity index (χ1) is 9.22. The Kier molecular flexibility index (Phi) is 4.92. The molecule has 1 unspecified atom stereocenters. The molecule has 1 N–H and O–H groups in total. The molecule has 1 aromatic carbocycles. The highest BCUT2D eigenvalue weighted by molar-refractivity contribution is 5.85. The van der Waals surface area contributed by atoms with Crippen molar-refractivity contribution in [3.8, 4) is 0 Å². The molecule has 102 valence electrons. The average Bonchev–Trinajstić information content (AvgIpc) is 2.43. The fourth-order valence-electron chi connectivity index (χ4n) is 2.57. The van der Waals surface area contributed by atoms with Gasteiger partial charge in [0.05, 0.1) is 0 Å². The summed E-state index contributed by atoms with van der Waals surface area (Å²) in [5.41, 5.74) is 1.41. The van der Waals surface area contributed by atoms with E-state index >= 15 is 0 Å². The second-order valence-corrected chi connectivity index (χ2v) is 5.53. The number of benzene rings is 1. The molecule has 0 aliphatic rings. The van der Waals surface area contributed by atoms with E-state index in [1.165, 1.54) is 29.2 Å². The summed E-state index contributed by atoms with van der Waals surface area (Å²) in [5, 5.41) is 6.18. The number of fused-ring (bicyclic) bond motifs is 1. The minimum Gasteiger partial charge on any atom is -0.310 e. The standard InChI is InChI=1S/C17H24N2/c1-4-19-17(9-8-13(2)3)16-7-5-6-14-12-18-11-10-15(14)16/h5-7,10-13,17,19H,4,8-9H2,1-3H3. The van der Waals surface area contributed by atoms with Crippen LogP contribution in [-0.4, -0.2) is 11.5 Å². The molecule has 2 heteroatoms. The van der Waals surface area contributed by atoms with E-state index in [-0.39, 0.29) is 0 Å². The quantitative estimate of drug-likeness (QED) is 0.832. The van der Waals surface area contributed by atoms with Gasteiger partial charge in [0.1, 0.15) is 0 Å². The Morgan fingerprint density at radius 1 is 1.16 bits per heavy atom. The molecule has 0 radical (unpaired) electrons. The van der Waals surface area contributed by atoms with Crippen LogP contribution in [0.3, 0.4) is 0 Å². The summed E-state index contributed by atoms with van der Waals surface area (Å²) in [6.07, 6.45) is 6.27. The van der Waals surface area contributed by atoms with Crippen LogP contribution in [-0.2, 0) is 0 Å². The molecule has 2 rings (SSSR count).